The molecule has 0 aliphatic carbocycles. The van der Waals surface area contributed by atoms with Gasteiger partial charge in [-0.3, -0.25) is 9.89 Å². The zero-order chi connectivity index (χ0) is 14.6. The lowest BCUT2D eigenvalue weighted by atomic mass is 10.3. The summed E-state index contributed by atoms with van der Waals surface area (Å²) in [6.07, 6.45) is -0.176. The molecule has 1 unspecified atom stereocenters. The number of aryl methyl sites for hydroxylation is 1. The molecule has 7 nitrogen and oxygen atoms in total. The molecule has 1 rings (SSSR count). The van der Waals surface area contributed by atoms with Gasteiger partial charge in [0.25, 0.3) is 15.0 Å². The zero-order valence-corrected chi connectivity index (χ0v) is 12.4. The third kappa shape index (κ3) is 4.19. The van der Waals surface area contributed by atoms with Crippen molar-refractivity contribution in [2.24, 2.45) is 0 Å². The average molecular weight is 310 g/mol. The molecule has 19 heavy (non-hydrogen) atoms. The van der Waals surface area contributed by atoms with Gasteiger partial charge in [0.15, 0.2) is 5.69 Å². The predicted octanol–water partition coefficient (Wildman–Crippen LogP) is 0.800. The molecule has 1 aromatic rings. The number of aromatic amines is 1. The molecule has 0 aromatic carbocycles. The number of nitrogens with zero attached hydrogens (tertiary/aromatic N) is 1. The molecule has 0 saturated carbocycles. The molecule has 1 amide bonds. The first kappa shape index (κ1) is 15.9. The molecule has 0 bridgehead atoms. The van der Waals surface area contributed by atoms with Crippen LogP contribution in [0.5, 0.6) is 0 Å². The number of aromatic nitrogens is 2. The van der Waals surface area contributed by atoms with Gasteiger partial charge in [0.05, 0.1) is 11.8 Å². The zero-order valence-electron chi connectivity index (χ0n) is 10.9. The number of hydrogen-bond donors (Lipinski definition) is 2. The second-order valence-electron chi connectivity index (χ2n) is 3.94. The molecule has 108 valence electrons. The highest BCUT2D eigenvalue weighted by atomic mass is 35.7. The number of amides is 1. The summed E-state index contributed by atoms with van der Waals surface area (Å²) >= 11 is 0. The monoisotopic (exact) mass is 309 g/mol. The van der Waals surface area contributed by atoms with Crippen LogP contribution in [0.1, 0.15) is 30.0 Å². The number of carbonyl (C=O) groups is 1. The number of nitrogens with one attached hydrogen (secondary N) is 2. The standard InChI is InChI=1S/C10H16ClN3O4S/c1-4-18-6(2)5-12-10(15)8-9(19(11,16)17)7(3)13-14-8/h6H,4-5H2,1-3H3,(H,12,15)(H,13,14). The molecule has 0 aliphatic rings. The first-order valence-corrected chi connectivity index (χ1v) is 7.97. The van der Waals surface area contributed by atoms with Gasteiger partial charge < -0.3 is 10.1 Å². The summed E-state index contributed by atoms with van der Waals surface area (Å²) in [4.78, 5) is 11.6. The van der Waals surface area contributed by atoms with E-state index in [1.807, 2.05) is 6.92 Å². The summed E-state index contributed by atoms with van der Waals surface area (Å²) in [7, 11) is 1.25. The van der Waals surface area contributed by atoms with Gasteiger partial charge in [-0.2, -0.15) is 5.10 Å². The van der Waals surface area contributed by atoms with E-state index in [0.29, 0.717) is 6.61 Å². The maximum Gasteiger partial charge on any atom is 0.273 e. The van der Waals surface area contributed by atoms with Crippen LogP contribution in [0.4, 0.5) is 0 Å². The maximum absolute atomic E-state index is 11.9. The Balaban J connectivity index is 2.84. The van der Waals surface area contributed by atoms with Gasteiger partial charge in [0.2, 0.25) is 0 Å². The van der Waals surface area contributed by atoms with Crippen molar-refractivity contribution in [3.8, 4) is 0 Å². The van der Waals surface area contributed by atoms with E-state index >= 15 is 0 Å². The molecule has 9 heteroatoms. The number of carbonyl (C=O) groups excluding carboxylic acids is 1. The summed E-state index contributed by atoms with van der Waals surface area (Å²) in [6, 6.07) is 0. The minimum Gasteiger partial charge on any atom is -0.377 e. The van der Waals surface area contributed by atoms with Crippen molar-refractivity contribution in [2.75, 3.05) is 13.2 Å². The first-order valence-electron chi connectivity index (χ1n) is 5.66. The fourth-order valence-electron chi connectivity index (χ4n) is 1.53. The van der Waals surface area contributed by atoms with Gasteiger partial charge in [-0.25, -0.2) is 8.42 Å². The Bertz CT molecular complexity index is 555. The van der Waals surface area contributed by atoms with Crippen LogP contribution >= 0.6 is 10.7 Å². The Morgan fingerprint density at radius 3 is 2.74 bits per heavy atom. The second-order valence-corrected chi connectivity index (χ2v) is 6.44. The largest absolute Gasteiger partial charge is 0.377 e. The van der Waals surface area contributed by atoms with Gasteiger partial charge in [0.1, 0.15) is 4.90 Å². The van der Waals surface area contributed by atoms with E-state index in [2.05, 4.69) is 15.5 Å². The summed E-state index contributed by atoms with van der Waals surface area (Å²) < 4.78 is 28.0. The number of halogens is 1. The van der Waals surface area contributed by atoms with E-state index in [1.165, 1.54) is 6.92 Å². The fourth-order valence-corrected chi connectivity index (χ4v) is 2.88. The summed E-state index contributed by atoms with van der Waals surface area (Å²) in [5.74, 6) is -0.616. The lowest BCUT2D eigenvalue weighted by Gasteiger charge is -2.11. The lowest BCUT2D eigenvalue weighted by molar-refractivity contribution is 0.0692. The van der Waals surface area contributed by atoms with Gasteiger partial charge in [-0.1, -0.05) is 0 Å². The van der Waals surface area contributed by atoms with E-state index < -0.39 is 15.0 Å². The first-order chi connectivity index (χ1) is 8.77. The van der Waals surface area contributed by atoms with E-state index in [4.69, 9.17) is 15.4 Å². The van der Waals surface area contributed by atoms with Crippen molar-refractivity contribution in [3.63, 3.8) is 0 Å². The smallest absolute Gasteiger partial charge is 0.273 e. The normalized spacial score (nSPS) is 13.3. The van der Waals surface area contributed by atoms with Crippen molar-refractivity contribution >= 4 is 25.6 Å². The van der Waals surface area contributed by atoms with Crippen molar-refractivity contribution in [1.29, 1.82) is 0 Å². The van der Waals surface area contributed by atoms with Gasteiger partial charge >= 0.3 is 0 Å². The number of hydrogen-bond acceptors (Lipinski definition) is 5. The van der Waals surface area contributed by atoms with Crippen LogP contribution in [0.3, 0.4) is 0 Å². The summed E-state index contributed by atoms with van der Waals surface area (Å²) in [6.45, 7) is 5.88. The van der Waals surface area contributed by atoms with Crippen LogP contribution in [0.25, 0.3) is 0 Å². The number of rotatable bonds is 6. The third-order valence-corrected chi connectivity index (χ3v) is 3.80. The quantitative estimate of drug-likeness (QED) is 0.757. The van der Waals surface area contributed by atoms with Crippen LogP contribution in [0.2, 0.25) is 0 Å². The van der Waals surface area contributed by atoms with Crippen molar-refractivity contribution < 1.29 is 17.9 Å². The van der Waals surface area contributed by atoms with Crippen LogP contribution < -0.4 is 5.32 Å². The third-order valence-electron chi connectivity index (χ3n) is 2.35. The molecule has 1 aromatic heterocycles. The minimum atomic E-state index is -4.03. The Hall–Kier alpha value is -1.12. The van der Waals surface area contributed by atoms with E-state index in [9.17, 15) is 13.2 Å². The molecular weight excluding hydrogens is 294 g/mol. The molecule has 1 atom stereocenters. The average Bonchev–Trinajstić information content (AvgIpc) is 2.68. The highest BCUT2D eigenvalue weighted by Gasteiger charge is 2.26. The van der Waals surface area contributed by atoms with Crippen LogP contribution in [-0.2, 0) is 13.8 Å². The topological polar surface area (TPSA) is 101 Å². The van der Waals surface area contributed by atoms with Crippen LogP contribution in [0.15, 0.2) is 4.90 Å². The molecule has 0 aliphatic heterocycles. The highest BCUT2D eigenvalue weighted by molar-refractivity contribution is 8.13. The molecule has 0 radical (unpaired) electrons. The SMILES string of the molecule is CCOC(C)CNC(=O)c1n[nH]c(C)c1S(=O)(=O)Cl. The minimum absolute atomic E-state index is 0.176. The molecular formula is C10H16ClN3O4S. The van der Waals surface area contributed by atoms with Gasteiger partial charge in [-0.05, 0) is 20.8 Å². The highest BCUT2D eigenvalue weighted by Crippen LogP contribution is 2.21. The second kappa shape index (κ2) is 6.36. The Labute approximate surface area is 116 Å². The number of ether oxygens (including phenoxy) is 1. The van der Waals surface area contributed by atoms with Crippen molar-refractivity contribution in [3.05, 3.63) is 11.4 Å². The maximum atomic E-state index is 11.9. The van der Waals surface area contributed by atoms with E-state index in [-0.39, 0.29) is 28.9 Å². The van der Waals surface area contributed by atoms with E-state index in [1.54, 1.807) is 6.92 Å². The van der Waals surface area contributed by atoms with Crippen LogP contribution in [0, 0.1) is 6.92 Å². The Kier molecular flexibility index (Phi) is 5.33. The van der Waals surface area contributed by atoms with Crippen LogP contribution in [-0.4, -0.2) is 43.8 Å². The summed E-state index contributed by atoms with van der Waals surface area (Å²) in [5, 5.41) is 8.64. The molecule has 0 spiro atoms. The predicted molar refractivity (Wildman–Crippen MR) is 69.8 cm³/mol. The lowest BCUT2D eigenvalue weighted by Crippen LogP contribution is -2.33. The fraction of sp³-hybridized carbons (Fsp3) is 0.600. The molecule has 0 fully saturated rings. The number of H-pyrrole nitrogens is 1. The Morgan fingerprint density at radius 1 is 1.58 bits per heavy atom. The summed E-state index contributed by atoms with van der Waals surface area (Å²) in [5.41, 5.74) is -0.0193. The van der Waals surface area contributed by atoms with E-state index in [0.717, 1.165) is 0 Å². The Morgan fingerprint density at radius 2 is 2.21 bits per heavy atom. The molecule has 1 heterocycles. The van der Waals surface area contributed by atoms with Crippen molar-refractivity contribution in [2.45, 2.75) is 31.8 Å². The molecule has 0 saturated heterocycles. The van der Waals surface area contributed by atoms with Crippen molar-refractivity contribution in [1.82, 2.24) is 15.5 Å². The van der Waals surface area contributed by atoms with Gasteiger partial charge in [-0.15, -0.1) is 0 Å². The van der Waals surface area contributed by atoms with Gasteiger partial charge in [0, 0.05) is 23.8 Å². The molecule has 2 N–H and O–H groups in total.